The molecule has 0 bridgehead atoms. The minimum absolute atomic E-state index is 0.262. The zero-order chi connectivity index (χ0) is 20.0. The molecule has 4 heterocycles. The van der Waals surface area contributed by atoms with Crippen LogP contribution in [0.25, 0.3) is 27.9 Å². The standard InChI is InChI=1S/C20H24N8O/c1-20(29)7-3-12(4-8-20)24-19-26-17(21-2)16-13(11-22-18(16)27-19)14-6-10-28-15(25-14)5-9-23-28/h5-6,9-12,29H,3-4,7-8H2,1-2H3,(H3,21,22,24,26,27)/t12-,20-. The van der Waals surface area contributed by atoms with Crippen LogP contribution in [-0.4, -0.2) is 53.3 Å². The van der Waals surface area contributed by atoms with E-state index >= 15 is 0 Å². The van der Waals surface area contributed by atoms with E-state index in [0.29, 0.717) is 5.95 Å². The third-order valence-corrected chi connectivity index (χ3v) is 5.70. The molecule has 4 N–H and O–H groups in total. The van der Waals surface area contributed by atoms with Crippen LogP contribution in [0.4, 0.5) is 11.8 Å². The van der Waals surface area contributed by atoms with Crippen LogP contribution >= 0.6 is 0 Å². The Hall–Kier alpha value is -3.20. The smallest absolute Gasteiger partial charge is 0.226 e. The number of aliphatic hydroxyl groups is 1. The maximum Gasteiger partial charge on any atom is 0.226 e. The summed E-state index contributed by atoms with van der Waals surface area (Å²) in [5.74, 6) is 1.33. The second-order valence-corrected chi connectivity index (χ2v) is 7.93. The molecule has 29 heavy (non-hydrogen) atoms. The van der Waals surface area contributed by atoms with Gasteiger partial charge in [0.05, 0.1) is 22.9 Å². The fourth-order valence-electron chi connectivity index (χ4n) is 4.01. The molecule has 5 rings (SSSR count). The number of rotatable bonds is 4. The van der Waals surface area contributed by atoms with Gasteiger partial charge in [-0.05, 0) is 38.7 Å². The van der Waals surface area contributed by atoms with Crippen LogP contribution in [0.2, 0.25) is 0 Å². The largest absolute Gasteiger partial charge is 0.390 e. The summed E-state index contributed by atoms with van der Waals surface area (Å²) in [6.45, 7) is 1.90. The van der Waals surface area contributed by atoms with Crippen molar-refractivity contribution in [1.29, 1.82) is 0 Å². The molecule has 1 fully saturated rings. The number of fused-ring (bicyclic) bond motifs is 2. The molecule has 1 aliphatic carbocycles. The molecule has 150 valence electrons. The van der Waals surface area contributed by atoms with Crippen LogP contribution in [-0.2, 0) is 0 Å². The van der Waals surface area contributed by atoms with Crippen LogP contribution in [0, 0.1) is 0 Å². The lowest BCUT2D eigenvalue weighted by Gasteiger charge is -2.33. The molecule has 0 spiro atoms. The van der Waals surface area contributed by atoms with Crippen molar-refractivity contribution >= 4 is 28.4 Å². The second kappa shape index (κ2) is 6.70. The Morgan fingerprint density at radius 2 is 2.03 bits per heavy atom. The van der Waals surface area contributed by atoms with Crippen molar-refractivity contribution in [3.63, 3.8) is 0 Å². The van der Waals surface area contributed by atoms with Gasteiger partial charge in [0.15, 0.2) is 5.65 Å². The van der Waals surface area contributed by atoms with Crippen molar-refractivity contribution in [1.82, 2.24) is 29.5 Å². The number of hydrogen-bond donors (Lipinski definition) is 4. The molecule has 0 radical (unpaired) electrons. The number of anilines is 2. The summed E-state index contributed by atoms with van der Waals surface area (Å²) in [5, 5.41) is 21.9. The highest BCUT2D eigenvalue weighted by Gasteiger charge is 2.29. The Bertz CT molecular complexity index is 1170. The molecule has 0 atom stereocenters. The molecule has 4 aromatic rings. The second-order valence-electron chi connectivity index (χ2n) is 7.93. The zero-order valence-corrected chi connectivity index (χ0v) is 16.5. The van der Waals surface area contributed by atoms with E-state index in [4.69, 9.17) is 9.97 Å². The van der Waals surface area contributed by atoms with Gasteiger partial charge in [0.25, 0.3) is 0 Å². The average molecular weight is 392 g/mol. The summed E-state index contributed by atoms with van der Waals surface area (Å²) in [5.41, 5.74) is 2.75. The highest BCUT2D eigenvalue weighted by atomic mass is 16.3. The van der Waals surface area contributed by atoms with Crippen molar-refractivity contribution in [3.8, 4) is 11.3 Å². The minimum Gasteiger partial charge on any atom is -0.390 e. The quantitative estimate of drug-likeness (QED) is 0.422. The predicted molar refractivity (Wildman–Crippen MR) is 112 cm³/mol. The third kappa shape index (κ3) is 3.27. The van der Waals surface area contributed by atoms with Crippen LogP contribution < -0.4 is 10.6 Å². The summed E-state index contributed by atoms with van der Waals surface area (Å²) in [6.07, 6.45) is 8.89. The first-order chi connectivity index (χ1) is 14.0. The Balaban J connectivity index is 1.49. The van der Waals surface area contributed by atoms with Gasteiger partial charge in [0.2, 0.25) is 5.95 Å². The van der Waals surface area contributed by atoms with E-state index in [0.717, 1.165) is 59.4 Å². The topological polar surface area (TPSA) is 116 Å². The van der Waals surface area contributed by atoms with Crippen LogP contribution in [0.1, 0.15) is 32.6 Å². The van der Waals surface area contributed by atoms with Crippen molar-refractivity contribution in [3.05, 3.63) is 30.7 Å². The highest BCUT2D eigenvalue weighted by Crippen LogP contribution is 2.33. The molecule has 0 unspecified atom stereocenters. The first-order valence-corrected chi connectivity index (χ1v) is 9.89. The van der Waals surface area contributed by atoms with Crippen LogP contribution in [0.3, 0.4) is 0 Å². The zero-order valence-electron chi connectivity index (χ0n) is 16.5. The lowest BCUT2D eigenvalue weighted by molar-refractivity contribution is 0.0196. The fraction of sp³-hybridized carbons (Fsp3) is 0.400. The van der Waals surface area contributed by atoms with Crippen molar-refractivity contribution in [2.24, 2.45) is 0 Å². The van der Waals surface area contributed by atoms with Gasteiger partial charge in [-0.3, -0.25) is 0 Å². The molecule has 0 aromatic carbocycles. The molecule has 1 aliphatic rings. The summed E-state index contributed by atoms with van der Waals surface area (Å²) >= 11 is 0. The average Bonchev–Trinajstić information content (AvgIpc) is 3.35. The molecule has 9 nitrogen and oxygen atoms in total. The van der Waals surface area contributed by atoms with Gasteiger partial charge in [-0.1, -0.05) is 0 Å². The highest BCUT2D eigenvalue weighted by molar-refractivity contribution is 6.00. The van der Waals surface area contributed by atoms with Gasteiger partial charge in [0, 0.05) is 37.1 Å². The maximum absolute atomic E-state index is 10.2. The third-order valence-electron chi connectivity index (χ3n) is 5.70. The Morgan fingerprint density at radius 1 is 1.21 bits per heavy atom. The van der Waals surface area contributed by atoms with Crippen molar-refractivity contribution in [2.75, 3.05) is 17.7 Å². The summed E-state index contributed by atoms with van der Waals surface area (Å²) in [7, 11) is 1.85. The monoisotopic (exact) mass is 392 g/mol. The first-order valence-electron chi connectivity index (χ1n) is 9.89. The lowest BCUT2D eigenvalue weighted by Crippen LogP contribution is -2.36. The fourth-order valence-corrected chi connectivity index (χ4v) is 4.01. The SMILES string of the molecule is CNc1nc(N[C@H]2CC[C@](C)(O)CC2)nc2[nH]cc(-c3ccn4nccc4n3)c12. The van der Waals surface area contributed by atoms with E-state index < -0.39 is 5.60 Å². The van der Waals surface area contributed by atoms with Crippen LogP contribution in [0.15, 0.2) is 30.7 Å². The molecule has 1 saturated carbocycles. The normalized spacial score (nSPS) is 22.2. The summed E-state index contributed by atoms with van der Waals surface area (Å²) < 4.78 is 1.73. The van der Waals surface area contributed by atoms with E-state index in [-0.39, 0.29) is 6.04 Å². The molecule has 0 saturated heterocycles. The summed E-state index contributed by atoms with van der Waals surface area (Å²) in [4.78, 5) is 17.3. The Labute approximate surface area is 167 Å². The van der Waals surface area contributed by atoms with E-state index in [9.17, 15) is 5.11 Å². The Morgan fingerprint density at radius 3 is 2.83 bits per heavy atom. The van der Waals surface area contributed by atoms with Crippen molar-refractivity contribution < 1.29 is 5.11 Å². The number of nitrogens with zero attached hydrogens (tertiary/aromatic N) is 5. The van der Waals surface area contributed by atoms with E-state index in [2.05, 4.69) is 25.7 Å². The number of hydrogen-bond acceptors (Lipinski definition) is 7. The van der Waals surface area contributed by atoms with Gasteiger partial charge in [-0.25, -0.2) is 9.50 Å². The molecule has 0 amide bonds. The van der Waals surface area contributed by atoms with E-state index in [1.165, 1.54) is 0 Å². The van der Waals surface area contributed by atoms with Crippen LogP contribution in [0.5, 0.6) is 0 Å². The van der Waals surface area contributed by atoms with Gasteiger partial charge in [0.1, 0.15) is 11.5 Å². The summed E-state index contributed by atoms with van der Waals surface area (Å²) in [6, 6.07) is 4.07. The van der Waals surface area contributed by atoms with Gasteiger partial charge in [-0.2, -0.15) is 15.1 Å². The number of nitrogens with one attached hydrogen (secondary N) is 3. The van der Waals surface area contributed by atoms with Crippen molar-refractivity contribution in [2.45, 2.75) is 44.2 Å². The van der Waals surface area contributed by atoms with Gasteiger partial charge in [-0.15, -0.1) is 0 Å². The Kier molecular flexibility index (Phi) is 4.13. The van der Waals surface area contributed by atoms with E-state index in [1.807, 2.05) is 38.5 Å². The molecule has 9 heteroatoms. The maximum atomic E-state index is 10.2. The minimum atomic E-state index is -0.558. The first kappa shape index (κ1) is 17.9. The predicted octanol–water partition coefficient (Wildman–Crippen LogP) is 2.81. The van der Waals surface area contributed by atoms with Gasteiger partial charge < -0.3 is 20.7 Å². The molecule has 4 aromatic heterocycles. The molecule has 0 aliphatic heterocycles. The molecular weight excluding hydrogens is 368 g/mol. The lowest BCUT2D eigenvalue weighted by atomic mass is 9.84. The number of aromatic amines is 1. The number of aromatic nitrogens is 6. The molecular formula is C20H24N8O. The number of H-pyrrole nitrogens is 1. The van der Waals surface area contributed by atoms with E-state index in [1.54, 1.807) is 10.7 Å². The van der Waals surface area contributed by atoms with Gasteiger partial charge >= 0.3 is 0 Å².